The fourth-order valence-electron chi connectivity index (χ4n) is 3.58. The third kappa shape index (κ3) is 1.44. The Balaban J connectivity index is 2.08. The number of aromatic nitrogens is 1. The molecule has 1 aromatic rings. The summed E-state index contributed by atoms with van der Waals surface area (Å²) >= 11 is 0. The van der Waals surface area contributed by atoms with Crippen molar-refractivity contribution in [1.29, 1.82) is 0 Å². The molecule has 2 atom stereocenters. The molecule has 15 heavy (non-hydrogen) atoms. The summed E-state index contributed by atoms with van der Waals surface area (Å²) in [5.41, 5.74) is 6.57. The molecule has 0 saturated heterocycles. The second-order valence-electron chi connectivity index (χ2n) is 5.63. The average molecular weight is 203 g/mol. The molecule has 1 aromatic heterocycles. The van der Waals surface area contributed by atoms with Crippen LogP contribution in [-0.2, 0) is 19.3 Å². The number of nitrogens with one attached hydrogen (secondary N) is 1. The first kappa shape index (κ1) is 9.50. The van der Waals surface area contributed by atoms with Crippen LogP contribution >= 0.6 is 0 Å². The zero-order valence-electron chi connectivity index (χ0n) is 9.90. The zero-order valence-corrected chi connectivity index (χ0v) is 9.90. The number of hydrogen-bond donors (Lipinski definition) is 1. The van der Waals surface area contributed by atoms with E-state index < -0.39 is 0 Å². The molecule has 0 amide bonds. The second kappa shape index (κ2) is 3.40. The van der Waals surface area contributed by atoms with E-state index in [9.17, 15) is 0 Å². The highest BCUT2D eigenvalue weighted by atomic mass is 14.8. The molecule has 0 radical (unpaired) electrons. The molecular weight excluding hydrogens is 182 g/mol. The number of fused-ring (bicyclic) bond motifs is 3. The summed E-state index contributed by atoms with van der Waals surface area (Å²) in [6, 6.07) is 0. The van der Waals surface area contributed by atoms with Crippen molar-refractivity contribution in [2.75, 3.05) is 0 Å². The molecule has 82 valence electrons. The van der Waals surface area contributed by atoms with Crippen molar-refractivity contribution in [3.8, 4) is 0 Å². The van der Waals surface area contributed by atoms with Crippen molar-refractivity contribution in [2.45, 2.75) is 58.3 Å². The van der Waals surface area contributed by atoms with Gasteiger partial charge in [0.1, 0.15) is 0 Å². The summed E-state index contributed by atoms with van der Waals surface area (Å²) in [6.07, 6.45) is 8.11. The molecule has 2 unspecified atom stereocenters. The molecule has 1 N–H and O–H groups in total. The van der Waals surface area contributed by atoms with Crippen LogP contribution in [0.2, 0.25) is 0 Å². The standard InChI is InChI=1S/C14H21N/c1-9-7-10(2)14-12(8-9)11-5-3-4-6-13(11)15-14/h9-10,15H,3-8H2,1-2H3. The van der Waals surface area contributed by atoms with Crippen LogP contribution in [0.4, 0.5) is 0 Å². The van der Waals surface area contributed by atoms with Gasteiger partial charge in [-0.15, -0.1) is 0 Å². The third-order valence-electron chi connectivity index (χ3n) is 4.24. The van der Waals surface area contributed by atoms with E-state index in [1.807, 2.05) is 0 Å². The SMILES string of the molecule is CC1Cc2c([nH]c3c2CCCC3)C(C)C1. The van der Waals surface area contributed by atoms with Crippen LogP contribution in [0.1, 0.15) is 61.5 Å². The quantitative estimate of drug-likeness (QED) is 0.663. The monoisotopic (exact) mass is 203 g/mol. The van der Waals surface area contributed by atoms with E-state index in [0.29, 0.717) is 0 Å². The van der Waals surface area contributed by atoms with E-state index in [1.54, 1.807) is 22.5 Å². The minimum Gasteiger partial charge on any atom is -0.362 e. The molecule has 2 aliphatic rings. The Morgan fingerprint density at radius 2 is 1.87 bits per heavy atom. The van der Waals surface area contributed by atoms with Gasteiger partial charge in [0.25, 0.3) is 0 Å². The number of aryl methyl sites for hydroxylation is 1. The molecule has 1 nitrogen and oxygen atoms in total. The lowest BCUT2D eigenvalue weighted by molar-refractivity contribution is 0.444. The van der Waals surface area contributed by atoms with E-state index in [1.165, 1.54) is 38.5 Å². The highest BCUT2D eigenvalue weighted by Crippen LogP contribution is 2.39. The highest BCUT2D eigenvalue weighted by molar-refractivity contribution is 5.41. The van der Waals surface area contributed by atoms with Crippen LogP contribution in [-0.4, -0.2) is 4.98 Å². The summed E-state index contributed by atoms with van der Waals surface area (Å²) < 4.78 is 0. The summed E-state index contributed by atoms with van der Waals surface area (Å²) in [6.45, 7) is 4.79. The van der Waals surface area contributed by atoms with Crippen LogP contribution < -0.4 is 0 Å². The van der Waals surface area contributed by atoms with Gasteiger partial charge in [-0.2, -0.15) is 0 Å². The van der Waals surface area contributed by atoms with E-state index >= 15 is 0 Å². The topological polar surface area (TPSA) is 15.8 Å². The maximum atomic E-state index is 3.72. The summed E-state index contributed by atoms with van der Waals surface area (Å²) in [4.78, 5) is 3.72. The summed E-state index contributed by atoms with van der Waals surface area (Å²) in [7, 11) is 0. The van der Waals surface area contributed by atoms with Crippen molar-refractivity contribution in [1.82, 2.24) is 4.98 Å². The van der Waals surface area contributed by atoms with Crippen molar-refractivity contribution in [3.63, 3.8) is 0 Å². The molecule has 0 saturated carbocycles. The average Bonchev–Trinajstić information content (AvgIpc) is 2.57. The lowest BCUT2D eigenvalue weighted by Crippen LogP contribution is -2.15. The molecule has 0 aromatic carbocycles. The largest absolute Gasteiger partial charge is 0.362 e. The van der Waals surface area contributed by atoms with Gasteiger partial charge in [-0.3, -0.25) is 0 Å². The van der Waals surface area contributed by atoms with E-state index in [2.05, 4.69) is 18.8 Å². The van der Waals surface area contributed by atoms with Gasteiger partial charge in [-0.05, 0) is 61.5 Å². The summed E-state index contributed by atoms with van der Waals surface area (Å²) in [5.74, 6) is 1.64. The lowest BCUT2D eigenvalue weighted by Gasteiger charge is -2.25. The molecule has 0 bridgehead atoms. The van der Waals surface area contributed by atoms with Gasteiger partial charge >= 0.3 is 0 Å². The van der Waals surface area contributed by atoms with Gasteiger partial charge < -0.3 is 4.98 Å². The summed E-state index contributed by atoms with van der Waals surface area (Å²) in [5, 5.41) is 0. The fourth-order valence-corrected chi connectivity index (χ4v) is 3.58. The van der Waals surface area contributed by atoms with Crippen molar-refractivity contribution in [2.24, 2.45) is 5.92 Å². The Kier molecular flexibility index (Phi) is 2.15. The normalized spacial score (nSPS) is 29.7. The predicted molar refractivity (Wildman–Crippen MR) is 63.3 cm³/mol. The van der Waals surface area contributed by atoms with Gasteiger partial charge in [-0.25, -0.2) is 0 Å². The molecule has 0 aliphatic heterocycles. The third-order valence-corrected chi connectivity index (χ3v) is 4.24. The maximum Gasteiger partial charge on any atom is 0.0213 e. The number of aromatic amines is 1. The van der Waals surface area contributed by atoms with Crippen molar-refractivity contribution >= 4 is 0 Å². The van der Waals surface area contributed by atoms with Gasteiger partial charge in [0.05, 0.1) is 0 Å². The van der Waals surface area contributed by atoms with Gasteiger partial charge in [0, 0.05) is 11.4 Å². The number of H-pyrrole nitrogens is 1. The first-order valence-corrected chi connectivity index (χ1v) is 6.48. The molecule has 2 aliphatic carbocycles. The molecule has 1 heteroatoms. The number of rotatable bonds is 0. The lowest BCUT2D eigenvalue weighted by atomic mass is 9.80. The predicted octanol–water partition coefficient (Wildman–Crippen LogP) is 3.58. The Hall–Kier alpha value is -0.720. The Morgan fingerprint density at radius 3 is 2.73 bits per heavy atom. The Morgan fingerprint density at radius 1 is 1.07 bits per heavy atom. The van der Waals surface area contributed by atoms with Gasteiger partial charge in [-0.1, -0.05) is 13.8 Å². The molecule has 0 fully saturated rings. The highest BCUT2D eigenvalue weighted by Gasteiger charge is 2.28. The van der Waals surface area contributed by atoms with Crippen LogP contribution in [0.3, 0.4) is 0 Å². The number of hydrogen-bond acceptors (Lipinski definition) is 0. The van der Waals surface area contributed by atoms with E-state index in [-0.39, 0.29) is 0 Å². The Labute approximate surface area is 92.3 Å². The second-order valence-corrected chi connectivity index (χ2v) is 5.63. The first-order valence-electron chi connectivity index (χ1n) is 6.48. The smallest absolute Gasteiger partial charge is 0.0213 e. The van der Waals surface area contributed by atoms with Crippen LogP contribution in [0.5, 0.6) is 0 Å². The van der Waals surface area contributed by atoms with Crippen molar-refractivity contribution < 1.29 is 0 Å². The van der Waals surface area contributed by atoms with Crippen LogP contribution in [0.25, 0.3) is 0 Å². The van der Waals surface area contributed by atoms with Crippen LogP contribution in [0.15, 0.2) is 0 Å². The first-order chi connectivity index (χ1) is 7.25. The van der Waals surface area contributed by atoms with Crippen molar-refractivity contribution in [3.05, 3.63) is 22.5 Å². The molecule has 3 rings (SSSR count). The minimum absolute atomic E-state index is 0.759. The minimum atomic E-state index is 0.759. The molecule has 0 spiro atoms. The molecular formula is C14H21N. The molecule has 1 heterocycles. The fraction of sp³-hybridized carbons (Fsp3) is 0.714. The van der Waals surface area contributed by atoms with Crippen LogP contribution in [0, 0.1) is 5.92 Å². The Bertz CT molecular complexity index is 375. The van der Waals surface area contributed by atoms with E-state index in [4.69, 9.17) is 0 Å². The maximum absolute atomic E-state index is 3.72. The van der Waals surface area contributed by atoms with Gasteiger partial charge in [0.2, 0.25) is 0 Å². The van der Waals surface area contributed by atoms with E-state index in [0.717, 1.165) is 11.8 Å². The van der Waals surface area contributed by atoms with Gasteiger partial charge in [0.15, 0.2) is 0 Å². The zero-order chi connectivity index (χ0) is 10.4.